The molecule has 2 rings (SSSR count). The Balaban J connectivity index is 1.92. The Bertz CT molecular complexity index is 278. The van der Waals surface area contributed by atoms with Crippen molar-refractivity contribution in [3.63, 3.8) is 0 Å². The molecule has 0 amide bonds. The SMILES string of the molecule is COC1CN(C(N)=NC2CCCCC2)CC1OC. The molecule has 2 N–H and O–H groups in total. The van der Waals surface area contributed by atoms with E-state index in [4.69, 9.17) is 15.2 Å². The molecule has 18 heavy (non-hydrogen) atoms. The highest BCUT2D eigenvalue weighted by Crippen LogP contribution is 2.21. The van der Waals surface area contributed by atoms with E-state index < -0.39 is 0 Å². The summed E-state index contributed by atoms with van der Waals surface area (Å²) in [4.78, 5) is 6.75. The van der Waals surface area contributed by atoms with Crippen LogP contribution in [0.1, 0.15) is 32.1 Å². The third kappa shape index (κ3) is 3.14. The molecule has 2 unspecified atom stereocenters. The van der Waals surface area contributed by atoms with E-state index in [1.165, 1.54) is 32.1 Å². The van der Waals surface area contributed by atoms with Crippen molar-refractivity contribution in [1.29, 1.82) is 0 Å². The highest BCUT2D eigenvalue weighted by molar-refractivity contribution is 5.78. The van der Waals surface area contributed by atoms with E-state index in [0.717, 1.165) is 13.1 Å². The number of aliphatic imine (C=N–C) groups is 1. The zero-order chi connectivity index (χ0) is 13.0. The van der Waals surface area contributed by atoms with Gasteiger partial charge in [0.15, 0.2) is 5.96 Å². The molecule has 2 atom stereocenters. The van der Waals surface area contributed by atoms with E-state index >= 15 is 0 Å². The molecule has 1 saturated heterocycles. The van der Waals surface area contributed by atoms with Gasteiger partial charge in [-0.1, -0.05) is 19.3 Å². The Hall–Kier alpha value is -0.810. The number of likely N-dealkylation sites (tertiary alicyclic amines) is 1. The highest BCUT2D eigenvalue weighted by Gasteiger charge is 2.34. The van der Waals surface area contributed by atoms with Crippen molar-refractivity contribution in [2.45, 2.75) is 50.4 Å². The van der Waals surface area contributed by atoms with Gasteiger partial charge >= 0.3 is 0 Å². The van der Waals surface area contributed by atoms with E-state index in [0.29, 0.717) is 12.0 Å². The summed E-state index contributed by atoms with van der Waals surface area (Å²) in [5.41, 5.74) is 6.11. The van der Waals surface area contributed by atoms with Gasteiger partial charge in [0.05, 0.1) is 6.04 Å². The van der Waals surface area contributed by atoms with E-state index in [-0.39, 0.29) is 12.2 Å². The largest absolute Gasteiger partial charge is 0.377 e. The Morgan fingerprint density at radius 2 is 1.61 bits per heavy atom. The molecule has 1 saturated carbocycles. The van der Waals surface area contributed by atoms with Gasteiger partial charge in [0.2, 0.25) is 0 Å². The van der Waals surface area contributed by atoms with E-state index in [2.05, 4.69) is 9.89 Å². The van der Waals surface area contributed by atoms with E-state index in [1.807, 2.05) is 0 Å². The Morgan fingerprint density at radius 1 is 1.06 bits per heavy atom. The fraction of sp³-hybridized carbons (Fsp3) is 0.923. The first-order valence-corrected chi connectivity index (χ1v) is 6.88. The van der Waals surface area contributed by atoms with Crippen LogP contribution in [0.5, 0.6) is 0 Å². The summed E-state index contributed by atoms with van der Waals surface area (Å²) in [5, 5.41) is 0. The van der Waals surface area contributed by atoms with Gasteiger partial charge in [-0.15, -0.1) is 0 Å². The smallest absolute Gasteiger partial charge is 0.191 e. The average Bonchev–Trinajstić information content (AvgIpc) is 2.83. The van der Waals surface area contributed by atoms with Gasteiger partial charge in [0.25, 0.3) is 0 Å². The lowest BCUT2D eigenvalue weighted by atomic mass is 9.96. The molecule has 1 heterocycles. The second kappa shape index (κ2) is 6.38. The molecule has 2 aliphatic rings. The zero-order valence-corrected chi connectivity index (χ0v) is 11.5. The summed E-state index contributed by atoms with van der Waals surface area (Å²) in [7, 11) is 3.43. The monoisotopic (exact) mass is 255 g/mol. The van der Waals surface area contributed by atoms with Crippen LogP contribution in [-0.2, 0) is 9.47 Å². The summed E-state index contributed by atoms with van der Waals surface area (Å²) < 4.78 is 10.8. The molecule has 0 aromatic rings. The first kappa shape index (κ1) is 13.6. The van der Waals surface area contributed by atoms with Crippen molar-refractivity contribution >= 4 is 5.96 Å². The fourth-order valence-corrected chi connectivity index (χ4v) is 2.86. The number of methoxy groups -OCH3 is 2. The second-order valence-electron chi connectivity index (χ2n) is 5.23. The van der Waals surface area contributed by atoms with Crippen LogP contribution in [0.2, 0.25) is 0 Å². The molecular formula is C13H25N3O2. The number of hydrogen-bond acceptors (Lipinski definition) is 3. The molecule has 104 valence electrons. The van der Waals surface area contributed by atoms with Crippen molar-refractivity contribution in [3.05, 3.63) is 0 Å². The standard InChI is InChI=1S/C13H25N3O2/c1-17-11-8-16(9-12(11)18-2)13(14)15-10-6-4-3-5-7-10/h10-12H,3-9H2,1-2H3,(H2,14,15). The zero-order valence-electron chi connectivity index (χ0n) is 11.5. The predicted octanol–water partition coefficient (Wildman–Crippen LogP) is 0.979. The first-order chi connectivity index (χ1) is 8.74. The van der Waals surface area contributed by atoms with Crippen LogP contribution >= 0.6 is 0 Å². The van der Waals surface area contributed by atoms with Crippen molar-refractivity contribution in [2.75, 3.05) is 27.3 Å². The summed E-state index contributed by atoms with van der Waals surface area (Å²) in [5.74, 6) is 0.656. The summed E-state index contributed by atoms with van der Waals surface area (Å²) in [6.45, 7) is 1.55. The Kier molecular flexibility index (Phi) is 4.83. The van der Waals surface area contributed by atoms with Crippen LogP contribution in [0.25, 0.3) is 0 Å². The number of ether oxygens (including phenoxy) is 2. The van der Waals surface area contributed by atoms with Gasteiger partial charge < -0.3 is 20.1 Å². The summed E-state index contributed by atoms with van der Waals surface area (Å²) >= 11 is 0. The quantitative estimate of drug-likeness (QED) is 0.603. The van der Waals surface area contributed by atoms with Crippen molar-refractivity contribution < 1.29 is 9.47 Å². The number of hydrogen-bond donors (Lipinski definition) is 1. The van der Waals surface area contributed by atoms with Crippen LogP contribution in [-0.4, -0.2) is 56.4 Å². The number of guanidine groups is 1. The maximum absolute atomic E-state index is 6.11. The third-order valence-electron chi connectivity index (χ3n) is 4.03. The third-order valence-corrected chi connectivity index (χ3v) is 4.03. The molecule has 0 aromatic carbocycles. The van der Waals surface area contributed by atoms with Crippen LogP contribution < -0.4 is 5.73 Å². The topological polar surface area (TPSA) is 60.1 Å². The lowest BCUT2D eigenvalue weighted by Gasteiger charge is -2.22. The average molecular weight is 255 g/mol. The lowest BCUT2D eigenvalue weighted by Crippen LogP contribution is -2.37. The molecule has 1 aliphatic heterocycles. The number of nitrogens with two attached hydrogens (primary N) is 1. The molecule has 0 bridgehead atoms. The van der Waals surface area contributed by atoms with Crippen LogP contribution in [0.15, 0.2) is 4.99 Å². The van der Waals surface area contributed by atoms with Gasteiger partial charge in [0, 0.05) is 27.3 Å². The predicted molar refractivity (Wildman–Crippen MR) is 71.7 cm³/mol. The summed E-state index contributed by atoms with van der Waals surface area (Å²) in [6.07, 6.45) is 6.44. The van der Waals surface area contributed by atoms with Gasteiger partial charge in [-0.2, -0.15) is 0 Å². The van der Waals surface area contributed by atoms with Crippen molar-refractivity contribution in [1.82, 2.24) is 4.90 Å². The molecule has 0 radical (unpaired) electrons. The maximum Gasteiger partial charge on any atom is 0.191 e. The molecular weight excluding hydrogens is 230 g/mol. The molecule has 0 spiro atoms. The fourth-order valence-electron chi connectivity index (χ4n) is 2.86. The van der Waals surface area contributed by atoms with E-state index in [9.17, 15) is 0 Å². The minimum absolute atomic E-state index is 0.0927. The Labute approximate surface area is 109 Å². The molecule has 5 heteroatoms. The van der Waals surface area contributed by atoms with Gasteiger partial charge in [-0.3, -0.25) is 0 Å². The minimum Gasteiger partial charge on any atom is -0.377 e. The molecule has 0 aromatic heterocycles. The second-order valence-corrected chi connectivity index (χ2v) is 5.23. The first-order valence-electron chi connectivity index (χ1n) is 6.88. The van der Waals surface area contributed by atoms with Crippen molar-refractivity contribution in [2.24, 2.45) is 10.7 Å². The van der Waals surface area contributed by atoms with Gasteiger partial charge in [-0.05, 0) is 12.8 Å². The van der Waals surface area contributed by atoms with Crippen molar-refractivity contribution in [3.8, 4) is 0 Å². The van der Waals surface area contributed by atoms with Gasteiger partial charge in [-0.25, -0.2) is 4.99 Å². The minimum atomic E-state index is 0.0927. The Morgan fingerprint density at radius 3 is 2.11 bits per heavy atom. The van der Waals surface area contributed by atoms with Crippen LogP contribution in [0.4, 0.5) is 0 Å². The number of rotatable bonds is 3. The van der Waals surface area contributed by atoms with Crippen LogP contribution in [0, 0.1) is 0 Å². The lowest BCUT2D eigenvalue weighted by molar-refractivity contribution is -0.00461. The molecule has 1 aliphatic carbocycles. The molecule has 5 nitrogen and oxygen atoms in total. The van der Waals surface area contributed by atoms with Crippen LogP contribution in [0.3, 0.4) is 0 Å². The van der Waals surface area contributed by atoms with Gasteiger partial charge in [0.1, 0.15) is 12.2 Å². The normalized spacial score (nSPS) is 31.0. The highest BCUT2D eigenvalue weighted by atomic mass is 16.5. The summed E-state index contributed by atoms with van der Waals surface area (Å²) in [6, 6.07) is 0.418. The maximum atomic E-state index is 6.11. The molecule has 2 fully saturated rings. The van der Waals surface area contributed by atoms with E-state index in [1.54, 1.807) is 14.2 Å². The number of nitrogens with zero attached hydrogens (tertiary/aromatic N) is 2.